The Kier molecular flexibility index (Phi) is 7.69. The minimum atomic E-state index is -0.417. The van der Waals surface area contributed by atoms with Crippen molar-refractivity contribution in [2.24, 2.45) is 0 Å². The molecule has 0 spiro atoms. The van der Waals surface area contributed by atoms with Gasteiger partial charge in [-0.05, 0) is 24.6 Å². The lowest BCUT2D eigenvalue weighted by Crippen LogP contribution is -2.25. The molecule has 1 aliphatic carbocycles. The summed E-state index contributed by atoms with van der Waals surface area (Å²) in [6, 6.07) is 12.2. The molecule has 3 rings (SSSR count). The number of carbonyl (C=O) groups excluding carboxylic acids is 3. The van der Waals surface area contributed by atoms with Crippen LogP contribution in [-0.4, -0.2) is 36.2 Å². The lowest BCUT2D eigenvalue weighted by Gasteiger charge is -2.24. The van der Waals surface area contributed by atoms with E-state index in [9.17, 15) is 14.4 Å². The second-order valence-corrected chi connectivity index (χ2v) is 8.44. The number of carbonyl (C=O) groups is 3. The third kappa shape index (κ3) is 4.90. The first-order valence-corrected chi connectivity index (χ1v) is 11.2. The van der Waals surface area contributed by atoms with Gasteiger partial charge in [0.05, 0.1) is 25.3 Å². The van der Waals surface area contributed by atoms with Crippen LogP contribution in [0.5, 0.6) is 11.5 Å². The molecule has 0 fully saturated rings. The fourth-order valence-electron chi connectivity index (χ4n) is 3.67. The van der Waals surface area contributed by atoms with Crippen LogP contribution in [0.3, 0.4) is 0 Å². The molecule has 2 aromatic carbocycles. The number of fused-ring (bicyclic) bond motifs is 1. The van der Waals surface area contributed by atoms with E-state index in [0.717, 1.165) is 31.0 Å². The molecule has 1 unspecified atom stereocenters. The van der Waals surface area contributed by atoms with Crippen molar-refractivity contribution in [3.8, 4) is 11.5 Å². The molecule has 0 aliphatic heterocycles. The molecular formula is C25H26O5S. The lowest BCUT2D eigenvalue weighted by atomic mass is 9.85. The predicted molar refractivity (Wildman–Crippen MR) is 123 cm³/mol. The number of unbranched alkanes of at least 4 members (excludes halogenated alkanes) is 2. The Balaban J connectivity index is 1.99. The molecule has 0 amide bonds. The van der Waals surface area contributed by atoms with Crippen molar-refractivity contribution in [2.75, 3.05) is 14.2 Å². The van der Waals surface area contributed by atoms with Gasteiger partial charge >= 0.3 is 0 Å². The van der Waals surface area contributed by atoms with Crippen LogP contribution in [0.1, 0.15) is 63.7 Å². The van der Waals surface area contributed by atoms with Crippen LogP contribution in [0.25, 0.3) is 0 Å². The molecule has 0 saturated heterocycles. The highest BCUT2D eigenvalue weighted by molar-refractivity contribution is 8.14. The summed E-state index contributed by atoms with van der Waals surface area (Å²) in [6.07, 6.45) is 4.86. The van der Waals surface area contributed by atoms with Crippen molar-refractivity contribution in [3.63, 3.8) is 0 Å². The van der Waals surface area contributed by atoms with Crippen molar-refractivity contribution >= 4 is 28.4 Å². The maximum Gasteiger partial charge on any atom is 0.219 e. The molecule has 5 nitrogen and oxygen atoms in total. The third-order valence-electron chi connectivity index (χ3n) is 5.27. The van der Waals surface area contributed by atoms with Gasteiger partial charge in [0, 0.05) is 16.4 Å². The first-order chi connectivity index (χ1) is 15.0. The quantitative estimate of drug-likeness (QED) is 0.479. The number of thioether (sulfide) groups is 1. The van der Waals surface area contributed by atoms with Crippen LogP contribution in [0.4, 0.5) is 0 Å². The number of allylic oxidation sites excluding steroid dienone is 1. The van der Waals surface area contributed by atoms with Crippen LogP contribution in [-0.2, 0) is 0 Å². The SMILES string of the molecule is CCCCCC(SC(=O)c1ccccc1)C1=CC(=O)c2c(OC)ccc(OC)c2C1=O. The van der Waals surface area contributed by atoms with Crippen molar-refractivity contribution in [1.29, 1.82) is 0 Å². The second kappa shape index (κ2) is 10.4. The van der Waals surface area contributed by atoms with Crippen molar-refractivity contribution in [2.45, 2.75) is 37.9 Å². The second-order valence-electron chi connectivity index (χ2n) is 7.27. The van der Waals surface area contributed by atoms with Gasteiger partial charge in [-0.3, -0.25) is 14.4 Å². The number of hydrogen-bond acceptors (Lipinski definition) is 6. The summed E-state index contributed by atoms with van der Waals surface area (Å²) >= 11 is 1.11. The first-order valence-electron chi connectivity index (χ1n) is 10.3. The van der Waals surface area contributed by atoms with E-state index in [1.807, 2.05) is 18.2 Å². The van der Waals surface area contributed by atoms with E-state index in [1.54, 1.807) is 24.3 Å². The Morgan fingerprint density at radius 1 is 0.935 bits per heavy atom. The van der Waals surface area contributed by atoms with Crippen LogP contribution in [0.15, 0.2) is 54.1 Å². The average Bonchev–Trinajstić information content (AvgIpc) is 2.80. The van der Waals surface area contributed by atoms with E-state index in [4.69, 9.17) is 9.47 Å². The van der Waals surface area contributed by atoms with Gasteiger partial charge in [-0.1, -0.05) is 68.3 Å². The summed E-state index contributed by atoms with van der Waals surface area (Å²) in [7, 11) is 2.92. The van der Waals surface area contributed by atoms with Crippen molar-refractivity contribution in [1.82, 2.24) is 0 Å². The summed E-state index contributed by atoms with van der Waals surface area (Å²) in [5.41, 5.74) is 1.33. The number of ether oxygens (including phenoxy) is 2. The summed E-state index contributed by atoms with van der Waals surface area (Å²) in [5.74, 6) is 0.0558. The Morgan fingerprint density at radius 3 is 2.19 bits per heavy atom. The van der Waals surface area contributed by atoms with E-state index < -0.39 is 5.25 Å². The highest BCUT2D eigenvalue weighted by Crippen LogP contribution is 2.39. The monoisotopic (exact) mass is 438 g/mol. The Bertz CT molecular complexity index is 1010. The van der Waals surface area contributed by atoms with Crippen LogP contribution in [0, 0.1) is 0 Å². The topological polar surface area (TPSA) is 69.7 Å². The minimum Gasteiger partial charge on any atom is -0.496 e. The summed E-state index contributed by atoms with van der Waals surface area (Å²) in [5, 5.41) is -0.536. The largest absolute Gasteiger partial charge is 0.496 e. The molecule has 0 bridgehead atoms. The number of benzene rings is 2. The van der Waals surface area contributed by atoms with Crippen LogP contribution < -0.4 is 9.47 Å². The van der Waals surface area contributed by atoms with Crippen molar-refractivity contribution in [3.05, 3.63) is 70.8 Å². The number of hydrogen-bond donors (Lipinski definition) is 0. The van der Waals surface area contributed by atoms with E-state index in [-0.39, 0.29) is 27.8 Å². The van der Waals surface area contributed by atoms with Gasteiger partial charge < -0.3 is 9.47 Å². The molecule has 0 heterocycles. The smallest absolute Gasteiger partial charge is 0.219 e. The molecule has 31 heavy (non-hydrogen) atoms. The third-order valence-corrected chi connectivity index (χ3v) is 6.49. The van der Waals surface area contributed by atoms with E-state index >= 15 is 0 Å². The normalized spacial score (nSPS) is 14.0. The Morgan fingerprint density at radius 2 is 1.58 bits per heavy atom. The molecule has 0 saturated carbocycles. The standard InChI is InChI=1S/C25H26O5S/c1-4-5-7-12-21(31-25(28)16-10-8-6-9-11-16)17-15-18(26)22-19(29-2)13-14-20(30-3)23(22)24(17)27/h6,8-11,13-15,21H,4-5,7,12H2,1-3H3. The molecule has 2 aromatic rings. The zero-order chi connectivity index (χ0) is 22.4. The molecule has 0 N–H and O–H groups in total. The van der Waals surface area contributed by atoms with Gasteiger partial charge in [-0.25, -0.2) is 0 Å². The fourth-order valence-corrected chi connectivity index (χ4v) is 4.78. The summed E-state index contributed by atoms with van der Waals surface area (Å²) in [6.45, 7) is 2.10. The van der Waals surface area contributed by atoms with E-state index in [0.29, 0.717) is 29.1 Å². The Hall–Kier alpha value is -2.86. The summed E-state index contributed by atoms with van der Waals surface area (Å²) in [4.78, 5) is 39.4. The van der Waals surface area contributed by atoms with Crippen molar-refractivity contribution < 1.29 is 23.9 Å². The zero-order valence-electron chi connectivity index (χ0n) is 18.0. The number of methoxy groups -OCH3 is 2. The maximum absolute atomic E-state index is 13.5. The molecule has 0 aromatic heterocycles. The van der Waals surface area contributed by atoms with E-state index in [2.05, 4.69) is 6.92 Å². The molecule has 1 aliphatic rings. The number of Topliss-reactive ketones (excluding diaryl/α,β-unsaturated/α-hetero) is 1. The van der Waals surface area contributed by atoms with Gasteiger partial charge in [0.2, 0.25) is 5.12 Å². The molecule has 162 valence electrons. The predicted octanol–water partition coefficient (Wildman–Crippen LogP) is 5.53. The minimum absolute atomic E-state index is 0.119. The average molecular weight is 439 g/mol. The van der Waals surface area contributed by atoms with Gasteiger partial charge in [-0.15, -0.1) is 0 Å². The van der Waals surface area contributed by atoms with Crippen LogP contribution >= 0.6 is 11.8 Å². The molecule has 1 atom stereocenters. The van der Waals surface area contributed by atoms with Gasteiger partial charge in [0.1, 0.15) is 11.5 Å². The van der Waals surface area contributed by atoms with Gasteiger partial charge in [0.25, 0.3) is 0 Å². The van der Waals surface area contributed by atoms with E-state index in [1.165, 1.54) is 20.3 Å². The molecule has 0 radical (unpaired) electrons. The van der Waals surface area contributed by atoms with Crippen LogP contribution in [0.2, 0.25) is 0 Å². The maximum atomic E-state index is 13.5. The molecular weight excluding hydrogens is 412 g/mol. The number of rotatable bonds is 9. The van der Waals surface area contributed by atoms with Gasteiger partial charge in [-0.2, -0.15) is 0 Å². The highest BCUT2D eigenvalue weighted by atomic mass is 32.2. The first kappa shape index (κ1) is 22.8. The number of ketones is 2. The Labute approximate surface area is 186 Å². The highest BCUT2D eigenvalue weighted by Gasteiger charge is 2.36. The molecule has 6 heteroatoms. The lowest BCUT2D eigenvalue weighted by molar-refractivity contribution is 0.0976. The van der Waals surface area contributed by atoms with Gasteiger partial charge in [0.15, 0.2) is 11.6 Å². The summed E-state index contributed by atoms with van der Waals surface area (Å²) < 4.78 is 10.7. The zero-order valence-corrected chi connectivity index (χ0v) is 18.8. The fraction of sp³-hybridized carbons (Fsp3) is 0.320.